The first-order chi connectivity index (χ1) is 14.3. The lowest BCUT2D eigenvalue weighted by molar-refractivity contribution is -0.104. The minimum absolute atomic E-state index is 0.0177. The lowest BCUT2D eigenvalue weighted by Crippen LogP contribution is -2.48. The topological polar surface area (TPSA) is 42.0 Å². The zero-order valence-electron chi connectivity index (χ0n) is 18.5. The summed E-state index contributed by atoms with van der Waals surface area (Å²) in [6, 6.07) is 3.31. The van der Waals surface area contributed by atoms with Crippen molar-refractivity contribution >= 4 is 11.9 Å². The van der Waals surface area contributed by atoms with Crippen LogP contribution in [0.3, 0.4) is 0 Å². The van der Waals surface area contributed by atoms with E-state index in [9.17, 15) is 9.18 Å². The molecule has 2 fully saturated rings. The molecule has 1 aromatic rings. The highest BCUT2D eigenvalue weighted by atomic mass is 19.1. The van der Waals surface area contributed by atoms with Crippen molar-refractivity contribution in [2.45, 2.75) is 46.5 Å². The molecule has 3 aliphatic carbocycles. The van der Waals surface area contributed by atoms with Gasteiger partial charge in [0.2, 0.25) is 5.95 Å². The molecule has 4 rings (SSSR count). The number of carbonyl (C=O) groups is 1. The first-order valence-electron chi connectivity index (χ1n) is 11.2. The van der Waals surface area contributed by atoms with E-state index >= 15 is 0 Å². The van der Waals surface area contributed by atoms with Crippen molar-refractivity contribution < 1.29 is 9.18 Å². The fraction of sp³-hybridized carbons (Fsp3) is 0.538. The van der Waals surface area contributed by atoms with Gasteiger partial charge in [-0.1, -0.05) is 44.1 Å². The van der Waals surface area contributed by atoms with Crippen LogP contribution in [0.15, 0.2) is 47.7 Å². The third-order valence-electron chi connectivity index (χ3n) is 8.30. The van der Waals surface area contributed by atoms with E-state index in [1.165, 1.54) is 22.8 Å². The molecular weight excluding hydrogens is 375 g/mol. The van der Waals surface area contributed by atoms with Crippen LogP contribution in [0.4, 0.5) is 4.39 Å². The number of aromatic nitrogens is 1. The van der Waals surface area contributed by atoms with Gasteiger partial charge in [-0.05, 0) is 91.8 Å². The van der Waals surface area contributed by atoms with Crippen molar-refractivity contribution in [3.05, 3.63) is 59.2 Å². The zero-order chi connectivity index (χ0) is 21.5. The van der Waals surface area contributed by atoms with E-state index in [1.807, 2.05) is 19.2 Å². The standard InChI is InChI=1S/C26H33FN2O/c1-17-15-19-22-7-6-21(18-5-8-24(27)29-16-18)25(22,2)11-9-23(19)26(3,12-13-28-4)20(17)10-14-30/h5-8,10,14,16-17,19,23,28H,9,11-13,15H2,1-4H3/b20-10-. The fourth-order valence-electron chi connectivity index (χ4n) is 6.80. The highest BCUT2D eigenvalue weighted by Crippen LogP contribution is 2.65. The Kier molecular flexibility index (Phi) is 5.56. The van der Waals surface area contributed by atoms with E-state index in [1.54, 1.807) is 6.20 Å². The molecule has 30 heavy (non-hydrogen) atoms. The van der Waals surface area contributed by atoms with Crippen molar-refractivity contribution in [2.75, 3.05) is 13.6 Å². The van der Waals surface area contributed by atoms with E-state index < -0.39 is 5.95 Å². The minimum Gasteiger partial charge on any atom is -0.320 e. The van der Waals surface area contributed by atoms with Gasteiger partial charge in [-0.15, -0.1) is 0 Å². The molecule has 2 saturated carbocycles. The predicted molar refractivity (Wildman–Crippen MR) is 119 cm³/mol. The second-order valence-corrected chi connectivity index (χ2v) is 9.82. The Balaban J connectivity index is 1.69. The Bertz CT molecular complexity index is 915. The molecule has 0 spiro atoms. The fourth-order valence-corrected chi connectivity index (χ4v) is 6.80. The molecule has 0 bridgehead atoms. The van der Waals surface area contributed by atoms with Gasteiger partial charge in [0, 0.05) is 11.6 Å². The van der Waals surface area contributed by atoms with Crippen molar-refractivity contribution in [3.63, 3.8) is 0 Å². The number of nitrogens with one attached hydrogen (secondary N) is 1. The summed E-state index contributed by atoms with van der Waals surface area (Å²) in [5.41, 5.74) is 5.14. The molecule has 1 heterocycles. The number of halogens is 1. The highest BCUT2D eigenvalue weighted by Gasteiger charge is 2.55. The van der Waals surface area contributed by atoms with Gasteiger partial charge in [-0.2, -0.15) is 4.39 Å². The number of fused-ring (bicyclic) bond motifs is 3. The molecule has 4 heteroatoms. The average Bonchev–Trinajstić information content (AvgIpc) is 3.08. The second kappa shape index (κ2) is 7.88. The summed E-state index contributed by atoms with van der Waals surface area (Å²) in [6.45, 7) is 7.96. The lowest BCUT2D eigenvalue weighted by atomic mass is 9.47. The molecule has 1 aromatic heterocycles. The number of hydrogen-bond donors (Lipinski definition) is 1. The molecule has 0 radical (unpaired) electrons. The molecule has 0 aromatic carbocycles. The Hall–Kier alpha value is -2.07. The number of hydrogen-bond acceptors (Lipinski definition) is 3. The van der Waals surface area contributed by atoms with E-state index in [-0.39, 0.29) is 10.8 Å². The maximum Gasteiger partial charge on any atom is 0.212 e. The van der Waals surface area contributed by atoms with Crippen LogP contribution < -0.4 is 5.32 Å². The van der Waals surface area contributed by atoms with Gasteiger partial charge < -0.3 is 5.32 Å². The van der Waals surface area contributed by atoms with Crippen LogP contribution in [0, 0.1) is 34.5 Å². The lowest BCUT2D eigenvalue weighted by Gasteiger charge is -2.57. The SMILES string of the molecule is CNCCC1(C)/C(=C\C=O)C(C)CC2C3=CC=C(c4ccc(F)nc4)C3(C)CCC21. The number of carbonyl (C=O) groups excluding carboxylic acids is 1. The molecule has 3 aliphatic rings. The largest absolute Gasteiger partial charge is 0.320 e. The molecule has 3 nitrogen and oxygen atoms in total. The molecule has 5 atom stereocenters. The number of aldehydes is 1. The van der Waals surface area contributed by atoms with E-state index in [0.717, 1.165) is 44.1 Å². The van der Waals surface area contributed by atoms with Crippen LogP contribution in [-0.4, -0.2) is 24.9 Å². The maximum absolute atomic E-state index is 13.4. The summed E-state index contributed by atoms with van der Waals surface area (Å²) in [4.78, 5) is 15.3. The Morgan fingerprint density at radius 1 is 1.30 bits per heavy atom. The summed E-state index contributed by atoms with van der Waals surface area (Å²) >= 11 is 0. The molecule has 160 valence electrons. The van der Waals surface area contributed by atoms with Gasteiger partial charge in [0.05, 0.1) is 0 Å². The van der Waals surface area contributed by atoms with Crippen molar-refractivity contribution in [3.8, 4) is 0 Å². The molecule has 0 amide bonds. The monoisotopic (exact) mass is 408 g/mol. The van der Waals surface area contributed by atoms with Crippen LogP contribution in [-0.2, 0) is 4.79 Å². The van der Waals surface area contributed by atoms with E-state index in [4.69, 9.17) is 0 Å². The second-order valence-electron chi connectivity index (χ2n) is 9.82. The molecule has 1 N–H and O–H groups in total. The van der Waals surface area contributed by atoms with E-state index in [0.29, 0.717) is 17.8 Å². The Morgan fingerprint density at radius 2 is 2.10 bits per heavy atom. The molecule has 5 unspecified atom stereocenters. The summed E-state index contributed by atoms with van der Waals surface area (Å²) in [6.07, 6.45) is 13.4. The third kappa shape index (κ3) is 3.20. The zero-order valence-corrected chi connectivity index (χ0v) is 18.5. The van der Waals surface area contributed by atoms with Gasteiger partial charge in [0.25, 0.3) is 0 Å². The van der Waals surface area contributed by atoms with Crippen LogP contribution in [0.1, 0.15) is 52.0 Å². The average molecular weight is 409 g/mol. The molecular formula is C26H33FN2O. The summed E-state index contributed by atoms with van der Waals surface area (Å²) in [7, 11) is 2.00. The summed E-state index contributed by atoms with van der Waals surface area (Å²) in [5.74, 6) is 0.992. The smallest absolute Gasteiger partial charge is 0.212 e. The van der Waals surface area contributed by atoms with Crippen molar-refractivity contribution in [2.24, 2.45) is 28.6 Å². The Morgan fingerprint density at radius 3 is 2.77 bits per heavy atom. The summed E-state index contributed by atoms with van der Waals surface area (Å²) < 4.78 is 13.4. The third-order valence-corrected chi connectivity index (χ3v) is 8.30. The van der Waals surface area contributed by atoms with E-state index in [2.05, 4.69) is 43.2 Å². The quantitative estimate of drug-likeness (QED) is 0.405. The van der Waals surface area contributed by atoms with Crippen LogP contribution >= 0.6 is 0 Å². The van der Waals surface area contributed by atoms with Crippen LogP contribution in [0.25, 0.3) is 5.57 Å². The first-order valence-corrected chi connectivity index (χ1v) is 11.2. The summed E-state index contributed by atoms with van der Waals surface area (Å²) in [5, 5.41) is 3.32. The van der Waals surface area contributed by atoms with Gasteiger partial charge in [0.15, 0.2) is 0 Å². The number of allylic oxidation sites excluding steroid dienone is 6. The maximum atomic E-state index is 13.4. The number of nitrogens with zero attached hydrogens (tertiary/aromatic N) is 1. The van der Waals surface area contributed by atoms with Crippen LogP contribution in [0.2, 0.25) is 0 Å². The van der Waals surface area contributed by atoms with Gasteiger partial charge >= 0.3 is 0 Å². The van der Waals surface area contributed by atoms with Crippen molar-refractivity contribution in [1.29, 1.82) is 0 Å². The molecule has 0 saturated heterocycles. The van der Waals surface area contributed by atoms with Crippen LogP contribution in [0.5, 0.6) is 0 Å². The first kappa shape index (κ1) is 21.2. The molecule has 0 aliphatic heterocycles. The minimum atomic E-state index is -0.435. The number of pyridine rings is 1. The Labute approximate surface area is 179 Å². The van der Waals surface area contributed by atoms with Gasteiger partial charge in [0.1, 0.15) is 6.29 Å². The highest BCUT2D eigenvalue weighted by molar-refractivity contribution is 5.78. The normalized spacial score (nSPS) is 36.7. The van der Waals surface area contributed by atoms with Gasteiger partial charge in [-0.3, -0.25) is 4.79 Å². The van der Waals surface area contributed by atoms with Gasteiger partial charge in [-0.25, -0.2) is 4.98 Å². The number of rotatable bonds is 5. The predicted octanol–water partition coefficient (Wildman–Crippen LogP) is 5.36. The van der Waals surface area contributed by atoms with Crippen molar-refractivity contribution in [1.82, 2.24) is 10.3 Å².